The van der Waals surface area contributed by atoms with Crippen molar-refractivity contribution in [2.75, 3.05) is 0 Å². The molecule has 4 rings (SSSR count). The number of benzene rings is 1. The Bertz CT molecular complexity index is 617. The van der Waals surface area contributed by atoms with Crippen molar-refractivity contribution in [3.8, 4) is 5.75 Å². The maximum Gasteiger partial charge on any atom is 0.264 e. The monoisotopic (exact) mass is 285 g/mol. The predicted molar refractivity (Wildman–Crippen MR) is 76.9 cm³/mol. The van der Waals surface area contributed by atoms with Crippen molar-refractivity contribution in [3.05, 3.63) is 41.5 Å². The molecule has 0 aliphatic heterocycles. The molecule has 2 fully saturated rings. The van der Waals surface area contributed by atoms with Gasteiger partial charge in [0.2, 0.25) is 0 Å². The molecule has 2 aliphatic rings. The minimum atomic E-state index is 0.333. The highest BCUT2D eigenvalue weighted by Crippen LogP contribution is 2.38. The fourth-order valence-electron chi connectivity index (χ4n) is 2.31. The molecular weight excluding hydrogens is 266 g/mol. The lowest BCUT2D eigenvalue weighted by molar-refractivity contribution is 0.240. The molecule has 0 amide bonds. The van der Waals surface area contributed by atoms with E-state index >= 15 is 0 Å². The molecule has 0 spiro atoms. The Labute approximate surface area is 123 Å². The standard InChI is InChI=1S/C16H19N3O2/c1-2-4-14(12(3-1)9-17-13-7-8-13)20-10-15-18-16(19-21-15)11-5-6-11/h1-4,11,13,17H,5-10H2. The van der Waals surface area contributed by atoms with Gasteiger partial charge in [0.05, 0.1) is 0 Å². The molecule has 0 bridgehead atoms. The van der Waals surface area contributed by atoms with Gasteiger partial charge in [-0.3, -0.25) is 0 Å². The zero-order valence-corrected chi connectivity index (χ0v) is 11.9. The van der Waals surface area contributed by atoms with E-state index in [1.165, 1.54) is 31.2 Å². The molecule has 5 heteroatoms. The second-order valence-corrected chi connectivity index (χ2v) is 5.87. The van der Waals surface area contributed by atoms with E-state index in [9.17, 15) is 0 Å². The summed E-state index contributed by atoms with van der Waals surface area (Å²) in [6.07, 6.45) is 4.93. The van der Waals surface area contributed by atoms with Gasteiger partial charge in [-0.05, 0) is 31.7 Å². The lowest BCUT2D eigenvalue weighted by Crippen LogP contribution is -2.16. The van der Waals surface area contributed by atoms with Crippen molar-refractivity contribution in [2.24, 2.45) is 0 Å². The molecule has 0 atom stereocenters. The van der Waals surface area contributed by atoms with E-state index < -0.39 is 0 Å². The molecule has 0 saturated heterocycles. The number of nitrogens with one attached hydrogen (secondary N) is 1. The van der Waals surface area contributed by atoms with Crippen LogP contribution >= 0.6 is 0 Å². The van der Waals surface area contributed by atoms with Crippen LogP contribution < -0.4 is 10.1 Å². The summed E-state index contributed by atoms with van der Waals surface area (Å²) in [4.78, 5) is 4.38. The van der Waals surface area contributed by atoms with Crippen molar-refractivity contribution in [2.45, 2.75) is 50.8 Å². The predicted octanol–water partition coefficient (Wildman–Crippen LogP) is 2.78. The number of ether oxygens (including phenoxy) is 1. The summed E-state index contributed by atoms with van der Waals surface area (Å²) in [6, 6.07) is 8.79. The Hall–Kier alpha value is -1.88. The Kier molecular flexibility index (Phi) is 3.35. The van der Waals surface area contributed by atoms with Crippen LogP contribution in [0.2, 0.25) is 0 Å². The Morgan fingerprint density at radius 2 is 2.05 bits per heavy atom. The first kappa shape index (κ1) is 12.8. The van der Waals surface area contributed by atoms with E-state index in [0.717, 1.165) is 18.1 Å². The van der Waals surface area contributed by atoms with Crippen molar-refractivity contribution in [3.63, 3.8) is 0 Å². The van der Waals surface area contributed by atoms with Crippen LogP contribution in [0.4, 0.5) is 0 Å². The lowest BCUT2D eigenvalue weighted by atomic mass is 10.2. The summed E-state index contributed by atoms with van der Waals surface area (Å²) in [5, 5.41) is 7.51. The average molecular weight is 285 g/mol. The van der Waals surface area contributed by atoms with Crippen LogP contribution in [0.15, 0.2) is 28.8 Å². The zero-order chi connectivity index (χ0) is 14.1. The highest BCUT2D eigenvalue weighted by atomic mass is 16.5. The molecule has 2 aromatic rings. The maximum atomic E-state index is 5.85. The highest BCUT2D eigenvalue weighted by Gasteiger charge is 2.28. The van der Waals surface area contributed by atoms with E-state index in [1.54, 1.807) is 0 Å². The fraction of sp³-hybridized carbons (Fsp3) is 0.500. The molecule has 0 radical (unpaired) electrons. The van der Waals surface area contributed by atoms with Gasteiger partial charge in [0.1, 0.15) is 5.75 Å². The smallest absolute Gasteiger partial charge is 0.264 e. The first-order valence-electron chi connectivity index (χ1n) is 7.65. The molecule has 1 heterocycles. The molecule has 2 aliphatic carbocycles. The minimum absolute atomic E-state index is 0.333. The largest absolute Gasteiger partial charge is 0.483 e. The summed E-state index contributed by atoms with van der Waals surface area (Å²) < 4.78 is 11.1. The molecule has 0 unspecified atom stereocenters. The number of aromatic nitrogens is 2. The summed E-state index contributed by atoms with van der Waals surface area (Å²) in [6.45, 7) is 1.18. The molecular formula is C16H19N3O2. The molecule has 1 N–H and O–H groups in total. The minimum Gasteiger partial charge on any atom is -0.483 e. The first-order chi connectivity index (χ1) is 10.4. The summed E-state index contributed by atoms with van der Waals surface area (Å²) in [7, 11) is 0. The van der Waals surface area contributed by atoms with Gasteiger partial charge in [-0.25, -0.2) is 0 Å². The third kappa shape index (κ3) is 3.24. The topological polar surface area (TPSA) is 60.2 Å². The summed E-state index contributed by atoms with van der Waals surface area (Å²) in [5.41, 5.74) is 1.17. The number of hydrogen-bond donors (Lipinski definition) is 1. The zero-order valence-electron chi connectivity index (χ0n) is 11.9. The van der Waals surface area contributed by atoms with Crippen LogP contribution in [0, 0.1) is 0 Å². The van der Waals surface area contributed by atoms with Crippen LogP contribution in [-0.4, -0.2) is 16.2 Å². The summed E-state index contributed by atoms with van der Waals surface area (Å²) in [5.74, 6) is 2.79. The van der Waals surface area contributed by atoms with Crippen LogP contribution in [0.3, 0.4) is 0 Å². The first-order valence-corrected chi connectivity index (χ1v) is 7.65. The fourth-order valence-corrected chi connectivity index (χ4v) is 2.31. The Morgan fingerprint density at radius 3 is 2.86 bits per heavy atom. The van der Waals surface area contributed by atoms with Gasteiger partial charge in [-0.2, -0.15) is 4.98 Å². The Balaban J connectivity index is 1.38. The van der Waals surface area contributed by atoms with Gasteiger partial charge in [0.25, 0.3) is 5.89 Å². The molecule has 21 heavy (non-hydrogen) atoms. The highest BCUT2D eigenvalue weighted by molar-refractivity contribution is 5.33. The van der Waals surface area contributed by atoms with E-state index in [0.29, 0.717) is 24.5 Å². The van der Waals surface area contributed by atoms with E-state index in [2.05, 4.69) is 21.5 Å². The van der Waals surface area contributed by atoms with Gasteiger partial charge in [0.15, 0.2) is 12.4 Å². The van der Waals surface area contributed by atoms with Gasteiger partial charge < -0.3 is 14.6 Å². The van der Waals surface area contributed by atoms with Crippen molar-refractivity contribution in [1.82, 2.24) is 15.5 Å². The maximum absolute atomic E-state index is 5.85. The third-order valence-electron chi connectivity index (χ3n) is 3.91. The lowest BCUT2D eigenvalue weighted by Gasteiger charge is -2.10. The van der Waals surface area contributed by atoms with Gasteiger partial charge in [0, 0.05) is 24.1 Å². The van der Waals surface area contributed by atoms with Crippen LogP contribution in [0.5, 0.6) is 5.75 Å². The average Bonchev–Trinajstić information content (AvgIpc) is 3.44. The third-order valence-corrected chi connectivity index (χ3v) is 3.91. The van der Waals surface area contributed by atoms with Crippen molar-refractivity contribution >= 4 is 0 Å². The van der Waals surface area contributed by atoms with Crippen molar-refractivity contribution in [1.29, 1.82) is 0 Å². The molecule has 5 nitrogen and oxygen atoms in total. The second-order valence-electron chi connectivity index (χ2n) is 5.87. The van der Waals surface area contributed by atoms with E-state index in [-0.39, 0.29) is 0 Å². The van der Waals surface area contributed by atoms with Crippen molar-refractivity contribution < 1.29 is 9.26 Å². The van der Waals surface area contributed by atoms with E-state index in [4.69, 9.17) is 9.26 Å². The van der Waals surface area contributed by atoms with Gasteiger partial charge in [-0.1, -0.05) is 23.4 Å². The number of nitrogens with zero attached hydrogens (tertiary/aromatic N) is 2. The molecule has 1 aromatic heterocycles. The van der Waals surface area contributed by atoms with Crippen LogP contribution in [0.25, 0.3) is 0 Å². The number of rotatable bonds is 7. The molecule has 110 valence electrons. The number of hydrogen-bond acceptors (Lipinski definition) is 5. The number of para-hydroxylation sites is 1. The van der Waals surface area contributed by atoms with E-state index in [1.807, 2.05) is 18.2 Å². The molecule has 2 saturated carbocycles. The Morgan fingerprint density at radius 1 is 1.19 bits per heavy atom. The quantitative estimate of drug-likeness (QED) is 0.847. The summed E-state index contributed by atoms with van der Waals surface area (Å²) >= 11 is 0. The second kappa shape index (κ2) is 5.48. The van der Waals surface area contributed by atoms with Crippen LogP contribution in [-0.2, 0) is 13.2 Å². The van der Waals surface area contributed by atoms with Gasteiger partial charge >= 0.3 is 0 Å². The molecule has 1 aromatic carbocycles. The van der Waals surface area contributed by atoms with Crippen LogP contribution in [0.1, 0.15) is 48.9 Å². The normalized spacial score (nSPS) is 17.9. The van der Waals surface area contributed by atoms with Gasteiger partial charge in [-0.15, -0.1) is 0 Å². The SMILES string of the molecule is c1ccc(OCc2nc(C3CC3)no2)c(CNC2CC2)c1.